The second kappa shape index (κ2) is 7.46. The third kappa shape index (κ3) is 4.32. The Hall–Kier alpha value is -2.77. The van der Waals surface area contributed by atoms with E-state index < -0.39 is 9.84 Å². The topological polar surface area (TPSA) is 75.5 Å². The Morgan fingerprint density at radius 1 is 1.15 bits per heavy atom. The average Bonchev–Trinajstić information content (AvgIpc) is 2.64. The predicted octanol–water partition coefficient (Wildman–Crippen LogP) is 4.06. The van der Waals surface area contributed by atoms with Gasteiger partial charge in [0.25, 0.3) is 5.95 Å². The fourth-order valence-electron chi connectivity index (χ4n) is 2.49. The van der Waals surface area contributed by atoms with E-state index in [1.807, 2.05) is 24.3 Å². The molecule has 2 aromatic rings. The number of halogens is 1. The summed E-state index contributed by atoms with van der Waals surface area (Å²) in [7, 11) is -1.73. The van der Waals surface area contributed by atoms with Crippen molar-refractivity contribution >= 4 is 44.6 Å². The number of anilines is 2. The maximum atomic E-state index is 12.1. The van der Waals surface area contributed by atoms with Crippen LogP contribution in [0.3, 0.4) is 0 Å². The molecule has 6 nitrogen and oxygen atoms in total. The Balaban J connectivity index is 2.03. The molecule has 1 aliphatic rings. The molecule has 0 aliphatic heterocycles. The van der Waals surface area contributed by atoms with Crippen molar-refractivity contribution in [3.05, 3.63) is 71.9 Å². The fraction of sp³-hybridized carbons (Fsp3) is 0.105. The molecule has 0 fully saturated rings. The summed E-state index contributed by atoms with van der Waals surface area (Å²) in [5, 5.41) is 0.285. The molecule has 0 spiro atoms. The van der Waals surface area contributed by atoms with Crippen molar-refractivity contribution < 1.29 is 8.42 Å². The molecule has 27 heavy (non-hydrogen) atoms. The highest BCUT2D eigenvalue weighted by atomic mass is 35.5. The molecule has 0 atom stereocenters. The molecule has 138 valence electrons. The smallest absolute Gasteiger partial charge is 0.251 e. The minimum absolute atomic E-state index is 0.187. The zero-order valence-corrected chi connectivity index (χ0v) is 16.4. The SMILES string of the molecule is C=C1C=CC(=Nc2ncc(Cl)c(N(C)c3ccccc3S(C)(=O)=O)n2)C=C1. The van der Waals surface area contributed by atoms with Crippen molar-refractivity contribution in [2.24, 2.45) is 4.99 Å². The van der Waals surface area contributed by atoms with Crippen molar-refractivity contribution in [2.45, 2.75) is 4.90 Å². The van der Waals surface area contributed by atoms with Gasteiger partial charge in [-0.3, -0.25) is 0 Å². The number of hydrogen-bond donors (Lipinski definition) is 0. The van der Waals surface area contributed by atoms with Gasteiger partial charge in [0.2, 0.25) is 0 Å². The third-order valence-corrected chi connectivity index (χ3v) is 5.23. The van der Waals surface area contributed by atoms with Crippen LogP contribution >= 0.6 is 11.6 Å². The maximum absolute atomic E-state index is 12.1. The van der Waals surface area contributed by atoms with Gasteiger partial charge in [-0.15, -0.1) is 0 Å². The van der Waals surface area contributed by atoms with E-state index in [0.29, 0.717) is 17.2 Å². The van der Waals surface area contributed by atoms with Gasteiger partial charge in [-0.2, -0.15) is 4.98 Å². The highest BCUT2D eigenvalue weighted by molar-refractivity contribution is 7.90. The molecular weight excluding hydrogens is 384 g/mol. The van der Waals surface area contributed by atoms with Gasteiger partial charge in [0.15, 0.2) is 15.7 Å². The van der Waals surface area contributed by atoms with Crippen molar-refractivity contribution in [2.75, 3.05) is 18.2 Å². The standard InChI is InChI=1S/C19H17ClN4O2S/c1-13-8-10-14(11-9-13)22-19-21-12-15(20)18(23-19)24(2)16-6-4-5-7-17(16)27(3,25)26/h4-12H,1H2,2-3H3. The van der Waals surface area contributed by atoms with Gasteiger partial charge in [0.1, 0.15) is 5.02 Å². The molecular formula is C19H17ClN4O2S. The van der Waals surface area contributed by atoms with E-state index in [0.717, 1.165) is 11.8 Å². The highest BCUT2D eigenvalue weighted by Gasteiger charge is 2.19. The molecule has 0 unspecified atom stereocenters. The van der Waals surface area contributed by atoms with Crippen LogP contribution in [-0.2, 0) is 9.84 Å². The summed E-state index contributed by atoms with van der Waals surface area (Å²) in [5.74, 6) is 0.574. The van der Waals surface area contributed by atoms with Gasteiger partial charge in [-0.1, -0.05) is 42.5 Å². The molecule has 0 saturated carbocycles. The van der Waals surface area contributed by atoms with E-state index in [4.69, 9.17) is 11.6 Å². The monoisotopic (exact) mass is 400 g/mol. The van der Waals surface area contributed by atoms with Crippen LogP contribution < -0.4 is 4.90 Å². The Morgan fingerprint density at radius 3 is 2.48 bits per heavy atom. The Labute approximate surface area is 163 Å². The van der Waals surface area contributed by atoms with E-state index in [2.05, 4.69) is 21.5 Å². The molecule has 8 heteroatoms. The summed E-state index contributed by atoms with van der Waals surface area (Å²) in [5.41, 5.74) is 2.02. The van der Waals surface area contributed by atoms with Crippen LogP contribution in [0.5, 0.6) is 0 Å². The number of allylic oxidation sites excluding steroid dienone is 5. The molecule has 0 N–H and O–H groups in total. The lowest BCUT2D eigenvalue weighted by Gasteiger charge is -2.21. The number of nitrogens with zero attached hydrogens (tertiary/aromatic N) is 4. The van der Waals surface area contributed by atoms with Crippen molar-refractivity contribution in [1.29, 1.82) is 0 Å². The Morgan fingerprint density at radius 2 is 1.81 bits per heavy atom. The lowest BCUT2D eigenvalue weighted by Crippen LogP contribution is -2.15. The molecule has 1 aromatic carbocycles. The first-order valence-corrected chi connectivity index (χ1v) is 10.2. The van der Waals surface area contributed by atoms with Gasteiger partial charge in [0.05, 0.1) is 22.5 Å². The van der Waals surface area contributed by atoms with Gasteiger partial charge >= 0.3 is 0 Å². The van der Waals surface area contributed by atoms with E-state index >= 15 is 0 Å². The fourth-order valence-corrected chi connectivity index (χ4v) is 3.61. The number of benzene rings is 1. The largest absolute Gasteiger partial charge is 0.327 e. The van der Waals surface area contributed by atoms with Crippen molar-refractivity contribution in [1.82, 2.24) is 9.97 Å². The van der Waals surface area contributed by atoms with E-state index in [-0.39, 0.29) is 15.9 Å². The number of rotatable bonds is 4. The number of aliphatic imine (C=N–C) groups is 1. The van der Waals surface area contributed by atoms with Crippen molar-refractivity contribution in [3.63, 3.8) is 0 Å². The number of sulfone groups is 1. The summed E-state index contributed by atoms with van der Waals surface area (Å²) in [6.45, 7) is 3.83. The summed E-state index contributed by atoms with van der Waals surface area (Å²) in [6, 6.07) is 6.66. The predicted molar refractivity (Wildman–Crippen MR) is 109 cm³/mol. The minimum atomic E-state index is -3.42. The van der Waals surface area contributed by atoms with Crippen LogP contribution in [0.15, 0.2) is 76.8 Å². The van der Waals surface area contributed by atoms with E-state index in [1.165, 1.54) is 6.20 Å². The van der Waals surface area contributed by atoms with Crippen LogP contribution in [0.25, 0.3) is 0 Å². The second-order valence-electron chi connectivity index (χ2n) is 5.92. The first-order valence-electron chi connectivity index (χ1n) is 7.95. The van der Waals surface area contributed by atoms with Gasteiger partial charge in [-0.25, -0.2) is 18.4 Å². The second-order valence-corrected chi connectivity index (χ2v) is 8.31. The van der Waals surface area contributed by atoms with Gasteiger partial charge in [-0.05, 0) is 29.9 Å². The summed E-state index contributed by atoms with van der Waals surface area (Å²) >= 11 is 6.27. The summed E-state index contributed by atoms with van der Waals surface area (Å²) in [6.07, 6.45) is 9.89. The average molecular weight is 401 g/mol. The number of hydrogen-bond acceptors (Lipinski definition) is 6. The molecule has 1 aliphatic carbocycles. The Bertz CT molecular complexity index is 1090. The van der Waals surface area contributed by atoms with Crippen LogP contribution in [-0.4, -0.2) is 37.4 Å². The van der Waals surface area contributed by atoms with E-state index in [1.54, 1.807) is 36.2 Å². The first-order chi connectivity index (χ1) is 12.8. The number of para-hydroxylation sites is 1. The lowest BCUT2D eigenvalue weighted by molar-refractivity contribution is 0.602. The Kier molecular flexibility index (Phi) is 5.25. The summed E-state index contributed by atoms with van der Waals surface area (Å²) < 4.78 is 24.2. The summed E-state index contributed by atoms with van der Waals surface area (Å²) in [4.78, 5) is 14.7. The molecule has 1 aromatic heterocycles. The van der Waals surface area contributed by atoms with Gasteiger partial charge in [0, 0.05) is 13.3 Å². The zero-order chi connectivity index (χ0) is 19.6. The van der Waals surface area contributed by atoms with E-state index in [9.17, 15) is 8.42 Å². The minimum Gasteiger partial charge on any atom is -0.327 e. The zero-order valence-electron chi connectivity index (χ0n) is 14.8. The normalized spacial score (nSPS) is 13.7. The highest BCUT2D eigenvalue weighted by Crippen LogP contribution is 2.33. The van der Waals surface area contributed by atoms with Gasteiger partial charge < -0.3 is 4.90 Å². The van der Waals surface area contributed by atoms with Crippen LogP contribution in [0.1, 0.15) is 0 Å². The van der Waals surface area contributed by atoms with Crippen LogP contribution in [0.2, 0.25) is 5.02 Å². The quantitative estimate of drug-likeness (QED) is 0.773. The molecule has 0 radical (unpaired) electrons. The van der Waals surface area contributed by atoms with Crippen LogP contribution in [0, 0.1) is 0 Å². The molecule has 3 rings (SSSR count). The molecule has 0 amide bonds. The van der Waals surface area contributed by atoms with Crippen LogP contribution in [0.4, 0.5) is 17.5 Å². The number of aromatic nitrogens is 2. The van der Waals surface area contributed by atoms with Crippen molar-refractivity contribution in [3.8, 4) is 0 Å². The molecule has 1 heterocycles. The molecule has 0 bridgehead atoms. The first kappa shape index (κ1) is 19.0. The molecule has 0 saturated heterocycles. The maximum Gasteiger partial charge on any atom is 0.251 e. The lowest BCUT2D eigenvalue weighted by atomic mass is 10.1. The third-order valence-electron chi connectivity index (χ3n) is 3.82.